The van der Waals surface area contributed by atoms with E-state index in [0.717, 1.165) is 6.54 Å². The summed E-state index contributed by atoms with van der Waals surface area (Å²) in [5.41, 5.74) is 0.545. The summed E-state index contributed by atoms with van der Waals surface area (Å²) in [5.74, 6) is 0. The Balaban J connectivity index is 1.80. The standard InChI is InChI=1S/C15H22ClN3O2/c16-12-7-8-15(19(20)21)14(11-12)18-10-9-17-13-5-3-1-2-4-6-13/h7-8,11,13,17-18H,1-6,9-10H2. The minimum absolute atomic E-state index is 0.0638. The van der Waals surface area contributed by atoms with Crippen LogP contribution in [0.15, 0.2) is 18.2 Å². The highest BCUT2D eigenvalue weighted by molar-refractivity contribution is 6.31. The van der Waals surface area contributed by atoms with Gasteiger partial charge < -0.3 is 10.6 Å². The number of rotatable bonds is 6. The summed E-state index contributed by atoms with van der Waals surface area (Å²) in [6.45, 7) is 1.45. The van der Waals surface area contributed by atoms with Gasteiger partial charge in [-0.05, 0) is 25.0 Å². The molecule has 1 aliphatic rings. The second kappa shape index (κ2) is 8.20. The van der Waals surface area contributed by atoms with Crippen molar-refractivity contribution in [1.29, 1.82) is 0 Å². The second-order valence-electron chi connectivity index (χ2n) is 5.49. The third-order valence-corrected chi connectivity index (χ3v) is 4.12. The first-order valence-electron chi connectivity index (χ1n) is 7.58. The van der Waals surface area contributed by atoms with Crippen molar-refractivity contribution in [3.63, 3.8) is 0 Å². The van der Waals surface area contributed by atoms with Crippen LogP contribution in [0.25, 0.3) is 0 Å². The molecule has 1 aliphatic carbocycles. The van der Waals surface area contributed by atoms with Gasteiger partial charge in [0.05, 0.1) is 4.92 Å². The maximum Gasteiger partial charge on any atom is 0.292 e. The fourth-order valence-electron chi connectivity index (χ4n) is 2.77. The zero-order valence-electron chi connectivity index (χ0n) is 12.1. The van der Waals surface area contributed by atoms with E-state index in [2.05, 4.69) is 10.6 Å². The van der Waals surface area contributed by atoms with Crippen LogP contribution in [0.1, 0.15) is 38.5 Å². The largest absolute Gasteiger partial charge is 0.378 e. The topological polar surface area (TPSA) is 67.2 Å². The van der Waals surface area contributed by atoms with Crippen LogP contribution in [0.3, 0.4) is 0 Å². The Bertz CT molecular complexity index is 474. The molecule has 0 aromatic heterocycles. The number of halogens is 1. The van der Waals surface area contributed by atoms with Crippen molar-refractivity contribution in [2.75, 3.05) is 18.4 Å². The number of nitrogens with one attached hydrogen (secondary N) is 2. The highest BCUT2D eigenvalue weighted by atomic mass is 35.5. The first-order chi connectivity index (χ1) is 10.2. The van der Waals surface area contributed by atoms with Crippen LogP contribution in [0, 0.1) is 10.1 Å². The molecule has 0 unspecified atom stereocenters. The van der Waals surface area contributed by atoms with E-state index in [-0.39, 0.29) is 5.69 Å². The van der Waals surface area contributed by atoms with Crippen molar-refractivity contribution in [3.8, 4) is 0 Å². The molecule has 1 aromatic rings. The van der Waals surface area contributed by atoms with Crippen LogP contribution >= 0.6 is 11.6 Å². The molecular weight excluding hydrogens is 290 g/mol. The van der Waals surface area contributed by atoms with Gasteiger partial charge in [0.25, 0.3) is 5.69 Å². The molecule has 1 saturated carbocycles. The zero-order valence-corrected chi connectivity index (χ0v) is 12.9. The van der Waals surface area contributed by atoms with Gasteiger partial charge in [-0.2, -0.15) is 0 Å². The van der Waals surface area contributed by atoms with Gasteiger partial charge in [-0.1, -0.05) is 37.3 Å². The molecule has 0 spiro atoms. The van der Waals surface area contributed by atoms with E-state index in [1.165, 1.54) is 50.7 Å². The van der Waals surface area contributed by atoms with E-state index in [9.17, 15) is 10.1 Å². The van der Waals surface area contributed by atoms with Crippen molar-refractivity contribution in [3.05, 3.63) is 33.3 Å². The Morgan fingerprint density at radius 2 is 1.90 bits per heavy atom. The summed E-state index contributed by atoms with van der Waals surface area (Å²) >= 11 is 5.90. The summed E-state index contributed by atoms with van der Waals surface area (Å²) in [6, 6.07) is 5.16. The molecule has 2 rings (SSSR count). The number of hydrogen-bond donors (Lipinski definition) is 2. The summed E-state index contributed by atoms with van der Waals surface area (Å²) in [5, 5.41) is 18.1. The predicted molar refractivity (Wildman–Crippen MR) is 86.1 cm³/mol. The quantitative estimate of drug-likeness (QED) is 0.361. The normalized spacial score (nSPS) is 16.4. The molecule has 116 valence electrons. The fraction of sp³-hybridized carbons (Fsp3) is 0.600. The van der Waals surface area contributed by atoms with Gasteiger partial charge in [0.2, 0.25) is 0 Å². The molecular formula is C15H22ClN3O2. The number of nitro benzene ring substituents is 1. The molecule has 0 heterocycles. The summed E-state index contributed by atoms with van der Waals surface area (Å²) < 4.78 is 0. The zero-order chi connectivity index (χ0) is 15.1. The average Bonchev–Trinajstić information content (AvgIpc) is 2.72. The van der Waals surface area contributed by atoms with Crippen LogP contribution < -0.4 is 10.6 Å². The SMILES string of the molecule is O=[N+]([O-])c1ccc(Cl)cc1NCCNC1CCCCCC1. The van der Waals surface area contributed by atoms with E-state index < -0.39 is 4.92 Å². The van der Waals surface area contributed by atoms with Crippen molar-refractivity contribution >= 4 is 23.0 Å². The van der Waals surface area contributed by atoms with Crippen molar-refractivity contribution in [2.24, 2.45) is 0 Å². The van der Waals surface area contributed by atoms with Crippen LogP contribution in [-0.4, -0.2) is 24.1 Å². The highest BCUT2D eigenvalue weighted by Gasteiger charge is 2.14. The Hall–Kier alpha value is -1.33. The molecule has 2 N–H and O–H groups in total. The predicted octanol–water partition coefficient (Wildman–Crippen LogP) is 3.97. The minimum atomic E-state index is -0.391. The molecule has 0 amide bonds. The monoisotopic (exact) mass is 311 g/mol. The van der Waals surface area contributed by atoms with E-state index in [1.54, 1.807) is 6.07 Å². The first kappa shape index (κ1) is 16.0. The van der Waals surface area contributed by atoms with Crippen molar-refractivity contribution in [1.82, 2.24) is 5.32 Å². The lowest BCUT2D eigenvalue weighted by molar-refractivity contribution is -0.384. The minimum Gasteiger partial charge on any atom is -0.378 e. The number of benzene rings is 1. The number of nitro groups is 1. The molecule has 0 aliphatic heterocycles. The van der Waals surface area contributed by atoms with E-state index in [4.69, 9.17) is 11.6 Å². The fourth-order valence-corrected chi connectivity index (χ4v) is 2.94. The lowest BCUT2D eigenvalue weighted by Gasteiger charge is -2.16. The summed E-state index contributed by atoms with van der Waals surface area (Å²) in [4.78, 5) is 10.6. The van der Waals surface area contributed by atoms with Gasteiger partial charge in [0, 0.05) is 30.2 Å². The molecule has 0 atom stereocenters. The molecule has 0 bridgehead atoms. The van der Waals surface area contributed by atoms with Gasteiger partial charge in [-0.15, -0.1) is 0 Å². The van der Waals surface area contributed by atoms with Crippen LogP contribution in [0.2, 0.25) is 5.02 Å². The third-order valence-electron chi connectivity index (χ3n) is 3.88. The van der Waals surface area contributed by atoms with Gasteiger partial charge in [-0.25, -0.2) is 0 Å². The molecule has 0 saturated heterocycles. The molecule has 0 radical (unpaired) electrons. The van der Waals surface area contributed by atoms with Crippen molar-refractivity contribution in [2.45, 2.75) is 44.6 Å². The van der Waals surface area contributed by atoms with E-state index in [1.807, 2.05) is 0 Å². The maximum atomic E-state index is 11.0. The second-order valence-corrected chi connectivity index (χ2v) is 5.92. The van der Waals surface area contributed by atoms with Crippen molar-refractivity contribution < 1.29 is 4.92 Å². The Morgan fingerprint density at radius 3 is 2.57 bits per heavy atom. The van der Waals surface area contributed by atoms with Gasteiger partial charge in [-0.3, -0.25) is 10.1 Å². The molecule has 21 heavy (non-hydrogen) atoms. The average molecular weight is 312 g/mol. The van der Waals surface area contributed by atoms with E-state index >= 15 is 0 Å². The third kappa shape index (κ3) is 5.17. The van der Waals surface area contributed by atoms with Crippen LogP contribution in [0.4, 0.5) is 11.4 Å². The maximum absolute atomic E-state index is 11.0. The molecule has 1 fully saturated rings. The smallest absolute Gasteiger partial charge is 0.292 e. The van der Waals surface area contributed by atoms with E-state index in [0.29, 0.717) is 23.3 Å². The lowest BCUT2D eigenvalue weighted by atomic mass is 10.1. The highest BCUT2D eigenvalue weighted by Crippen LogP contribution is 2.27. The van der Waals surface area contributed by atoms with Gasteiger partial charge >= 0.3 is 0 Å². The number of anilines is 1. The Kier molecular flexibility index (Phi) is 6.26. The summed E-state index contributed by atoms with van der Waals surface area (Å²) in [7, 11) is 0. The van der Waals surface area contributed by atoms with Crippen LogP contribution in [-0.2, 0) is 0 Å². The van der Waals surface area contributed by atoms with Gasteiger partial charge in [0.1, 0.15) is 5.69 Å². The molecule has 1 aromatic carbocycles. The first-order valence-corrected chi connectivity index (χ1v) is 7.96. The lowest BCUT2D eigenvalue weighted by Crippen LogP contribution is -2.32. The number of nitrogens with zero attached hydrogens (tertiary/aromatic N) is 1. The Morgan fingerprint density at radius 1 is 1.19 bits per heavy atom. The van der Waals surface area contributed by atoms with Crippen LogP contribution in [0.5, 0.6) is 0 Å². The molecule has 5 nitrogen and oxygen atoms in total. The Labute approximate surface area is 130 Å². The van der Waals surface area contributed by atoms with Gasteiger partial charge in [0.15, 0.2) is 0 Å². The summed E-state index contributed by atoms with van der Waals surface area (Å²) in [6.07, 6.45) is 7.74. The molecule has 6 heteroatoms. The number of hydrogen-bond acceptors (Lipinski definition) is 4.